The number of ether oxygens (including phenoxy) is 4. The van der Waals surface area contributed by atoms with E-state index in [1.54, 1.807) is 43.5 Å². The fourth-order valence-electron chi connectivity index (χ4n) is 2.56. The topological polar surface area (TPSA) is 77.8 Å². The van der Waals surface area contributed by atoms with Crippen LogP contribution in [0.2, 0.25) is 0 Å². The van der Waals surface area contributed by atoms with Gasteiger partial charge in [0.15, 0.2) is 23.0 Å². The van der Waals surface area contributed by atoms with Gasteiger partial charge in [0.25, 0.3) is 0 Å². The lowest BCUT2D eigenvalue weighted by molar-refractivity contribution is 0.103. The number of rotatable bonds is 6. The van der Waals surface area contributed by atoms with Crippen LogP contribution in [-0.4, -0.2) is 26.3 Å². The highest BCUT2D eigenvalue weighted by molar-refractivity contribution is 6.14. The van der Waals surface area contributed by atoms with E-state index in [4.69, 9.17) is 18.9 Å². The Balaban J connectivity index is 1.92. The third kappa shape index (κ3) is 3.47. The van der Waals surface area contributed by atoms with Crippen molar-refractivity contribution in [2.45, 2.75) is 6.92 Å². The molecule has 0 N–H and O–H groups in total. The second-order valence-electron chi connectivity index (χ2n) is 5.41. The molecule has 0 bridgehead atoms. The molecule has 3 rings (SSSR count). The molecule has 1 aliphatic heterocycles. The minimum atomic E-state index is -0.389. The molecule has 0 radical (unpaired) electrons. The monoisotopic (exact) mass is 351 g/mol. The summed E-state index contributed by atoms with van der Waals surface area (Å²) in [6.07, 6.45) is 1.52. The lowest BCUT2D eigenvalue weighted by atomic mass is 10.0. The number of nitrogens with zero attached hydrogens (tertiary/aromatic N) is 1. The number of benzene rings is 2. The molecule has 2 aromatic carbocycles. The molecule has 1 heterocycles. The van der Waals surface area contributed by atoms with Crippen LogP contribution < -0.4 is 18.9 Å². The van der Waals surface area contributed by atoms with Crippen LogP contribution >= 0.6 is 0 Å². The van der Waals surface area contributed by atoms with E-state index < -0.39 is 0 Å². The van der Waals surface area contributed by atoms with Crippen molar-refractivity contribution in [3.05, 3.63) is 53.1 Å². The van der Waals surface area contributed by atoms with Gasteiger partial charge >= 0.3 is 0 Å². The van der Waals surface area contributed by atoms with Crippen LogP contribution in [0.1, 0.15) is 22.8 Å². The fourth-order valence-corrected chi connectivity index (χ4v) is 2.56. The molecule has 0 amide bonds. The summed E-state index contributed by atoms with van der Waals surface area (Å²) in [5, 5.41) is 9.43. The summed E-state index contributed by atoms with van der Waals surface area (Å²) in [5.74, 6) is 1.83. The molecule has 0 atom stereocenters. The summed E-state index contributed by atoms with van der Waals surface area (Å²) in [7, 11) is 1.55. The van der Waals surface area contributed by atoms with Crippen molar-refractivity contribution in [1.29, 1.82) is 5.26 Å². The number of carbonyl (C=O) groups excluding carboxylic acids is 1. The molecular weight excluding hydrogens is 334 g/mol. The molecule has 0 saturated heterocycles. The summed E-state index contributed by atoms with van der Waals surface area (Å²) >= 11 is 0. The first kappa shape index (κ1) is 17.4. The summed E-state index contributed by atoms with van der Waals surface area (Å²) in [6.45, 7) is 2.47. The van der Waals surface area contributed by atoms with Gasteiger partial charge in [-0.3, -0.25) is 4.79 Å². The first-order valence-corrected chi connectivity index (χ1v) is 8.03. The van der Waals surface area contributed by atoms with Gasteiger partial charge in [-0.1, -0.05) is 6.07 Å². The smallest absolute Gasteiger partial charge is 0.231 e. The van der Waals surface area contributed by atoms with Crippen LogP contribution in [0.15, 0.2) is 42.0 Å². The molecule has 1 aliphatic rings. The Bertz CT molecular complexity index is 911. The van der Waals surface area contributed by atoms with E-state index in [1.807, 2.05) is 13.0 Å². The van der Waals surface area contributed by atoms with Crippen molar-refractivity contribution in [2.24, 2.45) is 0 Å². The predicted molar refractivity (Wildman–Crippen MR) is 94.6 cm³/mol. The van der Waals surface area contributed by atoms with Crippen molar-refractivity contribution in [2.75, 3.05) is 20.5 Å². The number of fused-ring (bicyclic) bond motifs is 1. The van der Waals surface area contributed by atoms with Gasteiger partial charge in [0.1, 0.15) is 11.6 Å². The molecule has 0 unspecified atom stereocenters. The van der Waals surface area contributed by atoms with E-state index in [2.05, 4.69) is 0 Å². The zero-order chi connectivity index (χ0) is 18.5. The second-order valence-corrected chi connectivity index (χ2v) is 5.41. The van der Waals surface area contributed by atoms with Gasteiger partial charge in [0.05, 0.1) is 13.7 Å². The van der Waals surface area contributed by atoms with Crippen molar-refractivity contribution < 1.29 is 23.7 Å². The number of methoxy groups -OCH3 is 1. The maximum Gasteiger partial charge on any atom is 0.231 e. The summed E-state index contributed by atoms with van der Waals surface area (Å²) in [4.78, 5) is 12.7. The van der Waals surface area contributed by atoms with Gasteiger partial charge in [-0.05, 0) is 48.9 Å². The van der Waals surface area contributed by atoms with Gasteiger partial charge in [-0.25, -0.2) is 0 Å². The average molecular weight is 351 g/mol. The van der Waals surface area contributed by atoms with Crippen molar-refractivity contribution in [1.82, 2.24) is 0 Å². The minimum absolute atomic E-state index is 0.0106. The number of hydrogen-bond acceptors (Lipinski definition) is 6. The van der Waals surface area contributed by atoms with E-state index in [9.17, 15) is 10.1 Å². The summed E-state index contributed by atoms with van der Waals surface area (Å²) in [5.41, 5.74) is 1.04. The molecule has 6 nitrogen and oxygen atoms in total. The first-order chi connectivity index (χ1) is 12.7. The molecule has 0 aromatic heterocycles. The number of hydrogen-bond donors (Lipinski definition) is 0. The average Bonchev–Trinajstić information content (AvgIpc) is 3.14. The van der Waals surface area contributed by atoms with Gasteiger partial charge in [0, 0.05) is 5.56 Å². The number of allylic oxidation sites excluding steroid dienone is 1. The normalized spacial score (nSPS) is 12.4. The maximum atomic E-state index is 12.7. The van der Waals surface area contributed by atoms with E-state index in [0.717, 1.165) is 0 Å². The van der Waals surface area contributed by atoms with Crippen molar-refractivity contribution in [3.63, 3.8) is 0 Å². The second kappa shape index (κ2) is 7.62. The highest BCUT2D eigenvalue weighted by Crippen LogP contribution is 2.33. The molecule has 0 saturated carbocycles. The summed E-state index contributed by atoms with van der Waals surface area (Å²) in [6, 6.07) is 12.0. The number of ketones is 1. The van der Waals surface area contributed by atoms with Gasteiger partial charge < -0.3 is 18.9 Å². The Kier molecular flexibility index (Phi) is 5.09. The third-order valence-corrected chi connectivity index (χ3v) is 3.80. The largest absolute Gasteiger partial charge is 0.493 e. The summed E-state index contributed by atoms with van der Waals surface area (Å²) < 4.78 is 21.3. The predicted octanol–water partition coefficient (Wildman–Crippen LogP) is 3.61. The maximum absolute atomic E-state index is 12.7. The molecule has 132 valence electrons. The van der Waals surface area contributed by atoms with E-state index in [-0.39, 0.29) is 18.1 Å². The van der Waals surface area contributed by atoms with Crippen molar-refractivity contribution >= 4 is 11.9 Å². The third-order valence-electron chi connectivity index (χ3n) is 3.80. The Labute approximate surface area is 151 Å². The highest BCUT2D eigenvalue weighted by Gasteiger charge is 2.18. The van der Waals surface area contributed by atoms with Crippen LogP contribution in [-0.2, 0) is 0 Å². The number of Topliss-reactive ketones (excluding diaryl/α,β-unsaturated/α-hetero) is 1. The van der Waals surface area contributed by atoms with Gasteiger partial charge in [0.2, 0.25) is 12.6 Å². The minimum Gasteiger partial charge on any atom is -0.493 e. The van der Waals surface area contributed by atoms with Gasteiger partial charge in [-0.15, -0.1) is 0 Å². The molecular formula is C20H17NO5. The molecule has 0 fully saturated rings. The SMILES string of the molecule is CCOc1cc(/C=C(\C#N)C(=O)c2ccc3c(c2)OCO3)ccc1OC. The Morgan fingerprint density at radius 3 is 2.73 bits per heavy atom. The first-order valence-electron chi connectivity index (χ1n) is 8.03. The number of nitriles is 1. The van der Waals surface area contributed by atoms with Crippen LogP contribution in [0, 0.1) is 11.3 Å². The molecule has 6 heteroatoms. The van der Waals surface area contributed by atoms with Crippen molar-refractivity contribution in [3.8, 4) is 29.1 Å². The van der Waals surface area contributed by atoms with E-state index in [1.165, 1.54) is 6.08 Å². The van der Waals surface area contributed by atoms with Crippen LogP contribution in [0.4, 0.5) is 0 Å². The van der Waals surface area contributed by atoms with E-state index in [0.29, 0.717) is 40.7 Å². The number of carbonyl (C=O) groups is 1. The molecule has 0 aliphatic carbocycles. The Morgan fingerprint density at radius 1 is 1.19 bits per heavy atom. The Hall–Kier alpha value is -3.46. The molecule has 26 heavy (non-hydrogen) atoms. The van der Waals surface area contributed by atoms with Gasteiger partial charge in [-0.2, -0.15) is 5.26 Å². The fraction of sp³-hybridized carbons (Fsp3) is 0.200. The quantitative estimate of drug-likeness (QED) is 0.449. The standard InChI is InChI=1S/C20H17NO5/c1-3-24-18-9-13(4-6-16(18)23-2)8-15(11-21)20(22)14-5-7-17-19(10-14)26-12-25-17/h4-10H,3,12H2,1-2H3/b15-8+. The highest BCUT2D eigenvalue weighted by atomic mass is 16.7. The van der Waals surface area contributed by atoms with Crippen LogP contribution in [0.3, 0.4) is 0 Å². The van der Waals surface area contributed by atoms with Crippen LogP contribution in [0.5, 0.6) is 23.0 Å². The lowest BCUT2D eigenvalue weighted by Crippen LogP contribution is -2.02. The Morgan fingerprint density at radius 2 is 2.00 bits per heavy atom. The van der Waals surface area contributed by atoms with Crippen LogP contribution in [0.25, 0.3) is 6.08 Å². The zero-order valence-electron chi connectivity index (χ0n) is 14.4. The van der Waals surface area contributed by atoms with E-state index >= 15 is 0 Å². The lowest BCUT2D eigenvalue weighted by Gasteiger charge is -2.10. The molecule has 0 spiro atoms. The molecule has 2 aromatic rings. The zero-order valence-corrected chi connectivity index (χ0v) is 14.4.